The fraction of sp³-hybridized carbons (Fsp3) is 0.500. The van der Waals surface area contributed by atoms with Crippen LogP contribution in [-0.2, 0) is 19.1 Å². The molecule has 0 aromatic heterocycles. The number of amides is 1. The number of halogens is 3. The van der Waals surface area contributed by atoms with E-state index < -0.39 is 40.8 Å². The lowest BCUT2D eigenvalue weighted by Gasteiger charge is -2.22. The molecular formula is C14H18F3NO4S. The minimum absolute atomic E-state index is 0.104. The zero-order chi connectivity index (χ0) is 17.8. The maximum absolute atomic E-state index is 12.3. The summed E-state index contributed by atoms with van der Waals surface area (Å²) in [4.78, 5) is 10.9. The molecule has 5 nitrogen and oxygen atoms in total. The van der Waals surface area contributed by atoms with Crippen molar-refractivity contribution in [2.24, 2.45) is 5.92 Å². The van der Waals surface area contributed by atoms with Gasteiger partial charge in [0.1, 0.15) is 0 Å². The Labute approximate surface area is 133 Å². The molecule has 0 aliphatic carbocycles. The van der Waals surface area contributed by atoms with E-state index in [1.165, 1.54) is 12.1 Å². The highest BCUT2D eigenvalue weighted by molar-refractivity contribution is 7.86. The van der Waals surface area contributed by atoms with Crippen LogP contribution in [0.1, 0.15) is 19.4 Å². The number of carbonyl (C=O) groups is 1. The molecule has 0 fully saturated rings. The van der Waals surface area contributed by atoms with Gasteiger partial charge in [-0.15, -0.1) is 0 Å². The average Bonchev–Trinajstić information content (AvgIpc) is 2.42. The molecule has 0 unspecified atom stereocenters. The van der Waals surface area contributed by atoms with Crippen molar-refractivity contribution in [3.63, 3.8) is 0 Å². The van der Waals surface area contributed by atoms with E-state index >= 15 is 0 Å². The van der Waals surface area contributed by atoms with E-state index in [0.717, 1.165) is 5.56 Å². The Kier molecular flexibility index (Phi) is 6.18. The van der Waals surface area contributed by atoms with E-state index in [4.69, 9.17) is 4.18 Å². The number of hydrogen-bond acceptors (Lipinski definition) is 4. The molecular weight excluding hydrogens is 335 g/mol. The Bertz CT molecular complexity index is 639. The Hall–Kier alpha value is -1.61. The van der Waals surface area contributed by atoms with Gasteiger partial charge in [-0.2, -0.15) is 21.6 Å². The molecule has 0 radical (unpaired) electrons. The third kappa shape index (κ3) is 5.83. The van der Waals surface area contributed by atoms with Crippen molar-refractivity contribution in [1.82, 2.24) is 5.32 Å². The van der Waals surface area contributed by atoms with Gasteiger partial charge in [0.05, 0.1) is 17.5 Å². The largest absolute Gasteiger partial charge is 0.471 e. The number of aryl methyl sites for hydroxylation is 1. The summed E-state index contributed by atoms with van der Waals surface area (Å²) in [6.07, 6.45) is -5.04. The van der Waals surface area contributed by atoms with Crippen LogP contribution in [-0.4, -0.2) is 33.1 Å². The summed E-state index contributed by atoms with van der Waals surface area (Å²) >= 11 is 0. The van der Waals surface area contributed by atoms with Crippen molar-refractivity contribution in [2.45, 2.75) is 37.9 Å². The number of nitrogens with one attached hydrogen (secondary N) is 1. The Balaban J connectivity index is 2.78. The summed E-state index contributed by atoms with van der Waals surface area (Å²) in [7, 11) is -4.11. The maximum Gasteiger partial charge on any atom is 0.471 e. The van der Waals surface area contributed by atoms with Gasteiger partial charge >= 0.3 is 12.1 Å². The lowest BCUT2D eigenvalue weighted by atomic mass is 10.1. The Morgan fingerprint density at radius 3 is 2.17 bits per heavy atom. The molecule has 23 heavy (non-hydrogen) atoms. The molecule has 0 spiro atoms. The number of hydrogen-bond donors (Lipinski definition) is 1. The van der Waals surface area contributed by atoms with E-state index in [2.05, 4.69) is 0 Å². The molecule has 9 heteroatoms. The SMILES string of the molecule is Cc1ccc(S(=O)(=O)OC[C@@H](NC(=O)C(F)(F)F)C(C)C)cc1. The van der Waals surface area contributed by atoms with E-state index in [1.54, 1.807) is 38.2 Å². The van der Waals surface area contributed by atoms with Gasteiger partial charge in [0.2, 0.25) is 0 Å². The maximum atomic E-state index is 12.3. The Morgan fingerprint density at radius 2 is 1.74 bits per heavy atom. The normalized spacial score (nSPS) is 13.9. The quantitative estimate of drug-likeness (QED) is 0.797. The second-order valence-corrected chi connectivity index (χ2v) is 6.99. The van der Waals surface area contributed by atoms with Crippen LogP contribution in [0.3, 0.4) is 0 Å². The van der Waals surface area contributed by atoms with Crippen molar-refractivity contribution in [3.05, 3.63) is 29.8 Å². The van der Waals surface area contributed by atoms with E-state index in [-0.39, 0.29) is 4.90 Å². The molecule has 1 atom stereocenters. The second-order valence-electron chi connectivity index (χ2n) is 5.37. The molecule has 1 amide bonds. The standard InChI is InChI=1S/C14H18F3NO4S/c1-9(2)12(18-13(19)14(15,16)17)8-22-23(20,21)11-6-4-10(3)5-7-11/h4-7,9,12H,8H2,1-3H3,(H,18,19)/t12-/m1/s1. The smallest absolute Gasteiger partial charge is 0.343 e. The van der Waals surface area contributed by atoms with Crippen molar-refractivity contribution in [1.29, 1.82) is 0 Å². The molecule has 0 saturated heterocycles. The lowest BCUT2D eigenvalue weighted by molar-refractivity contribution is -0.174. The van der Waals surface area contributed by atoms with Crippen LogP contribution in [0.25, 0.3) is 0 Å². The fourth-order valence-electron chi connectivity index (χ4n) is 1.59. The highest BCUT2D eigenvalue weighted by Gasteiger charge is 2.40. The highest BCUT2D eigenvalue weighted by Crippen LogP contribution is 2.17. The van der Waals surface area contributed by atoms with Gasteiger partial charge in [0.25, 0.3) is 10.1 Å². The van der Waals surface area contributed by atoms with Gasteiger partial charge in [-0.05, 0) is 25.0 Å². The number of carbonyl (C=O) groups excluding carboxylic acids is 1. The summed E-state index contributed by atoms with van der Waals surface area (Å²) in [6.45, 7) is 4.28. The minimum Gasteiger partial charge on any atom is -0.343 e. The predicted molar refractivity (Wildman–Crippen MR) is 77.1 cm³/mol. The predicted octanol–water partition coefficient (Wildman–Crippen LogP) is 2.40. The first-order chi connectivity index (χ1) is 10.4. The van der Waals surface area contributed by atoms with Gasteiger partial charge in [-0.1, -0.05) is 31.5 Å². The van der Waals surface area contributed by atoms with Crippen LogP contribution in [0, 0.1) is 12.8 Å². The highest BCUT2D eigenvalue weighted by atomic mass is 32.2. The summed E-state index contributed by atoms with van der Waals surface area (Å²) in [5.74, 6) is -2.58. The van der Waals surface area contributed by atoms with Crippen molar-refractivity contribution >= 4 is 16.0 Å². The Morgan fingerprint density at radius 1 is 1.22 bits per heavy atom. The van der Waals surface area contributed by atoms with Gasteiger partial charge in [0.15, 0.2) is 0 Å². The molecule has 130 valence electrons. The first kappa shape index (κ1) is 19.4. The average molecular weight is 353 g/mol. The monoisotopic (exact) mass is 353 g/mol. The number of rotatable bonds is 6. The van der Waals surface area contributed by atoms with Crippen molar-refractivity contribution < 1.29 is 30.6 Å². The second kappa shape index (κ2) is 7.31. The topological polar surface area (TPSA) is 72.5 Å². The van der Waals surface area contributed by atoms with Crippen LogP contribution in [0.4, 0.5) is 13.2 Å². The summed E-state index contributed by atoms with van der Waals surface area (Å²) in [5.41, 5.74) is 0.849. The molecule has 0 aliphatic heterocycles. The van der Waals surface area contributed by atoms with Crippen molar-refractivity contribution in [2.75, 3.05) is 6.61 Å². The first-order valence-corrected chi connectivity index (χ1v) is 8.18. The molecule has 1 aromatic carbocycles. The third-order valence-corrected chi connectivity index (χ3v) is 4.39. The molecule has 0 saturated carbocycles. The fourth-order valence-corrected chi connectivity index (χ4v) is 2.52. The van der Waals surface area contributed by atoms with Crippen LogP contribution < -0.4 is 5.32 Å². The van der Waals surface area contributed by atoms with Gasteiger partial charge in [-0.25, -0.2) is 0 Å². The molecule has 1 rings (SSSR count). The molecule has 0 bridgehead atoms. The van der Waals surface area contributed by atoms with Gasteiger partial charge in [-0.3, -0.25) is 8.98 Å². The molecule has 1 aromatic rings. The summed E-state index contributed by atoms with van der Waals surface area (Å²) in [5, 5.41) is 1.74. The van der Waals surface area contributed by atoms with Gasteiger partial charge < -0.3 is 5.32 Å². The van der Waals surface area contributed by atoms with Crippen LogP contribution in [0.15, 0.2) is 29.2 Å². The summed E-state index contributed by atoms with van der Waals surface area (Å²) < 4.78 is 65.6. The van der Waals surface area contributed by atoms with Crippen LogP contribution in [0.2, 0.25) is 0 Å². The molecule has 0 heterocycles. The zero-order valence-corrected chi connectivity index (χ0v) is 13.7. The summed E-state index contributed by atoms with van der Waals surface area (Å²) in [6, 6.07) is 4.72. The van der Waals surface area contributed by atoms with E-state index in [0.29, 0.717) is 0 Å². The lowest BCUT2D eigenvalue weighted by Crippen LogP contribution is -2.47. The minimum atomic E-state index is -5.04. The van der Waals surface area contributed by atoms with E-state index in [9.17, 15) is 26.4 Å². The van der Waals surface area contributed by atoms with Crippen LogP contribution >= 0.6 is 0 Å². The van der Waals surface area contributed by atoms with Crippen molar-refractivity contribution in [3.8, 4) is 0 Å². The number of alkyl halides is 3. The third-order valence-electron chi connectivity index (χ3n) is 3.09. The molecule has 0 aliphatic rings. The van der Waals surface area contributed by atoms with E-state index in [1.807, 2.05) is 0 Å². The zero-order valence-electron chi connectivity index (χ0n) is 12.8. The van der Waals surface area contributed by atoms with Gasteiger partial charge in [0, 0.05) is 0 Å². The molecule has 1 N–H and O–H groups in total. The van der Waals surface area contributed by atoms with Crippen LogP contribution in [0.5, 0.6) is 0 Å². The first-order valence-electron chi connectivity index (χ1n) is 6.77. The number of benzene rings is 1.